The molecule has 0 bridgehead atoms. The summed E-state index contributed by atoms with van der Waals surface area (Å²) in [5.41, 5.74) is 17.4. The molecule has 1 aromatic rings. The molecule has 1 atom stereocenters. The summed E-state index contributed by atoms with van der Waals surface area (Å²) in [4.78, 5) is 9.64. The zero-order valence-corrected chi connectivity index (χ0v) is 9.26. The first-order valence-electron chi connectivity index (χ1n) is 4.97. The summed E-state index contributed by atoms with van der Waals surface area (Å²) in [6.07, 6.45) is 3.13. The Hall–Kier alpha value is -1.14. The van der Waals surface area contributed by atoms with Gasteiger partial charge in [0.2, 0.25) is 5.13 Å². The molecule has 82 valence electrons. The van der Waals surface area contributed by atoms with Gasteiger partial charge in [0.05, 0.1) is 5.69 Å². The molecule has 0 aliphatic heterocycles. The molecule has 0 amide bonds. The van der Waals surface area contributed by atoms with Gasteiger partial charge < -0.3 is 17.2 Å². The van der Waals surface area contributed by atoms with Crippen LogP contribution in [0.2, 0.25) is 0 Å². The number of hydrogen-bond donors (Lipinski definition) is 3. The van der Waals surface area contributed by atoms with Gasteiger partial charge in [-0.25, -0.2) is 4.98 Å². The normalized spacial score (nSPS) is 19.7. The lowest BCUT2D eigenvalue weighted by atomic mass is 9.91. The summed E-state index contributed by atoms with van der Waals surface area (Å²) in [7, 11) is 0. The van der Waals surface area contributed by atoms with Crippen molar-refractivity contribution in [2.24, 2.45) is 28.1 Å². The number of fused-ring (bicyclic) bond motifs is 1. The van der Waals surface area contributed by atoms with Crippen LogP contribution < -0.4 is 17.2 Å². The fourth-order valence-corrected chi connectivity index (χ4v) is 2.90. The largest absolute Gasteiger partial charge is 0.370 e. The molecule has 1 aliphatic rings. The van der Waals surface area contributed by atoms with Crippen LogP contribution in [0.4, 0.5) is 5.13 Å². The van der Waals surface area contributed by atoms with Crippen LogP contribution in [0.1, 0.15) is 17.0 Å². The minimum atomic E-state index is 0.0662. The lowest BCUT2D eigenvalue weighted by molar-refractivity contribution is 0.470. The molecular formula is C9H15N5S. The molecule has 0 spiro atoms. The quantitative estimate of drug-likeness (QED) is 0.491. The number of nitrogens with two attached hydrogens (primary N) is 3. The Morgan fingerprint density at radius 2 is 2.33 bits per heavy atom. The van der Waals surface area contributed by atoms with Crippen molar-refractivity contribution in [1.29, 1.82) is 0 Å². The van der Waals surface area contributed by atoms with Crippen molar-refractivity contribution in [3.63, 3.8) is 0 Å². The number of rotatable bonds is 2. The van der Waals surface area contributed by atoms with E-state index in [9.17, 15) is 0 Å². The van der Waals surface area contributed by atoms with Crippen LogP contribution in [0.15, 0.2) is 4.99 Å². The van der Waals surface area contributed by atoms with Crippen molar-refractivity contribution in [3.05, 3.63) is 10.6 Å². The van der Waals surface area contributed by atoms with Crippen molar-refractivity contribution in [2.45, 2.75) is 19.3 Å². The van der Waals surface area contributed by atoms with Crippen LogP contribution in [-0.2, 0) is 12.8 Å². The third kappa shape index (κ3) is 2.27. The van der Waals surface area contributed by atoms with Gasteiger partial charge in [0.1, 0.15) is 0 Å². The molecule has 2 rings (SSSR count). The maximum atomic E-state index is 5.66. The topological polar surface area (TPSA) is 103 Å². The van der Waals surface area contributed by atoms with Gasteiger partial charge in [-0.2, -0.15) is 4.99 Å². The van der Waals surface area contributed by atoms with Gasteiger partial charge in [-0.15, -0.1) is 0 Å². The highest BCUT2D eigenvalue weighted by molar-refractivity contribution is 7.15. The SMILES string of the molecule is NCC1CCc2nc(N=C(N)N)sc2C1. The predicted molar refractivity (Wildman–Crippen MR) is 62.2 cm³/mol. The minimum absolute atomic E-state index is 0.0662. The molecule has 0 radical (unpaired) electrons. The maximum Gasteiger partial charge on any atom is 0.212 e. The molecule has 6 heteroatoms. The van der Waals surface area contributed by atoms with Crippen LogP contribution >= 0.6 is 11.3 Å². The van der Waals surface area contributed by atoms with E-state index in [1.807, 2.05) is 0 Å². The van der Waals surface area contributed by atoms with Crippen LogP contribution in [0, 0.1) is 5.92 Å². The highest BCUT2D eigenvalue weighted by atomic mass is 32.1. The Labute approximate surface area is 92.4 Å². The van der Waals surface area contributed by atoms with Gasteiger partial charge in [-0.1, -0.05) is 11.3 Å². The summed E-state index contributed by atoms with van der Waals surface area (Å²) in [5.74, 6) is 0.654. The smallest absolute Gasteiger partial charge is 0.212 e. The number of aryl methyl sites for hydroxylation is 1. The lowest BCUT2D eigenvalue weighted by Gasteiger charge is -2.18. The molecule has 6 N–H and O–H groups in total. The highest BCUT2D eigenvalue weighted by Gasteiger charge is 2.21. The summed E-state index contributed by atoms with van der Waals surface area (Å²) >= 11 is 1.57. The molecule has 0 fully saturated rings. The first-order valence-corrected chi connectivity index (χ1v) is 5.79. The average Bonchev–Trinajstić information content (AvgIpc) is 2.57. The summed E-state index contributed by atoms with van der Waals surface area (Å²) in [6, 6.07) is 0. The van der Waals surface area contributed by atoms with E-state index in [1.54, 1.807) is 11.3 Å². The Kier molecular flexibility index (Phi) is 2.88. The van der Waals surface area contributed by atoms with Gasteiger partial charge in [0.25, 0.3) is 0 Å². The fourth-order valence-electron chi connectivity index (χ4n) is 1.79. The number of hydrogen-bond acceptors (Lipinski definition) is 4. The number of thiazole rings is 1. The number of guanidine groups is 1. The Balaban J connectivity index is 2.21. The number of aromatic nitrogens is 1. The van der Waals surface area contributed by atoms with E-state index in [0.717, 1.165) is 31.5 Å². The second-order valence-corrected chi connectivity index (χ2v) is 4.81. The van der Waals surface area contributed by atoms with E-state index in [1.165, 1.54) is 4.88 Å². The van der Waals surface area contributed by atoms with E-state index in [0.29, 0.717) is 11.0 Å². The first-order chi connectivity index (χ1) is 7.19. The third-order valence-corrected chi connectivity index (χ3v) is 3.60. The number of nitrogens with zero attached hydrogens (tertiary/aromatic N) is 2. The molecule has 0 saturated carbocycles. The highest BCUT2D eigenvalue weighted by Crippen LogP contribution is 2.33. The van der Waals surface area contributed by atoms with Crippen molar-refractivity contribution in [3.8, 4) is 0 Å². The van der Waals surface area contributed by atoms with Gasteiger partial charge in [-0.05, 0) is 31.7 Å². The van der Waals surface area contributed by atoms with E-state index in [2.05, 4.69) is 9.98 Å². The first kappa shape index (κ1) is 10.4. The Bertz CT molecular complexity index is 380. The maximum absolute atomic E-state index is 5.66. The van der Waals surface area contributed by atoms with Crippen molar-refractivity contribution >= 4 is 22.4 Å². The molecule has 1 aromatic heterocycles. The summed E-state index contributed by atoms with van der Waals surface area (Å²) in [6.45, 7) is 0.745. The molecule has 15 heavy (non-hydrogen) atoms. The zero-order valence-electron chi connectivity index (χ0n) is 8.44. The Morgan fingerprint density at radius 1 is 1.53 bits per heavy atom. The third-order valence-electron chi connectivity index (χ3n) is 2.59. The molecular weight excluding hydrogens is 210 g/mol. The predicted octanol–water partition coefficient (Wildman–Crippen LogP) is 0.112. The van der Waals surface area contributed by atoms with Crippen LogP contribution in [-0.4, -0.2) is 17.5 Å². The zero-order chi connectivity index (χ0) is 10.8. The summed E-state index contributed by atoms with van der Waals surface area (Å²) < 4.78 is 0. The van der Waals surface area contributed by atoms with Crippen LogP contribution in [0.5, 0.6) is 0 Å². The van der Waals surface area contributed by atoms with Crippen molar-refractivity contribution in [2.75, 3.05) is 6.54 Å². The second kappa shape index (κ2) is 4.16. The molecule has 5 nitrogen and oxygen atoms in total. The molecule has 1 unspecified atom stereocenters. The molecule has 1 heterocycles. The van der Waals surface area contributed by atoms with E-state index in [-0.39, 0.29) is 5.96 Å². The molecule has 1 aliphatic carbocycles. The second-order valence-electron chi connectivity index (χ2n) is 3.75. The van der Waals surface area contributed by atoms with E-state index < -0.39 is 0 Å². The Morgan fingerprint density at radius 3 is 3.00 bits per heavy atom. The monoisotopic (exact) mass is 225 g/mol. The van der Waals surface area contributed by atoms with Gasteiger partial charge in [0, 0.05) is 4.88 Å². The van der Waals surface area contributed by atoms with Crippen molar-refractivity contribution < 1.29 is 0 Å². The van der Waals surface area contributed by atoms with Gasteiger partial charge in [-0.3, -0.25) is 0 Å². The van der Waals surface area contributed by atoms with Crippen LogP contribution in [0.3, 0.4) is 0 Å². The fraction of sp³-hybridized carbons (Fsp3) is 0.556. The van der Waals surface area contributed by atoms with Gasteiger partial charge in [0.15, 0.2) is 5.96 Å². The standard InChI is InChI=1S/C9H15N5S/c10-4-5-1-2-6-7(3-5)15-9(13-6)14-8(11)12/h5H,1-4,10H2,(H4,11,12,13,14). The number of aliphatic imine (C=N–C) groups is 1. The minimum Gasteiger partial charge on any atom is -0.370 e. The average molecular weight is 225 g/mol. The van der Waals surface area contributed by atoms with Crippen LogP contribution in [0.25, 0.3) is 0 Å². The molecule has 0 aromatic carbocycles. The lowest BCUT2D eigenvalue weighted by Crippen LogP contribution is -2.21. The van der Waals surface area contributed by atoms with Gasteiger partial charge >= 0.3 is 0 Å². The van der Waals surface area contributed by atoms with E-state index in [4.69, 9.17) is 17.2 Å². The summed E-state index contributed by atoms with van der Waals surface area (Å²) in [5, 5.41) is 0.665. The van der Waals surface area contributed by atoms with Crippen molar-refractivity contribution in [1.82, 2.24) is 4.98 Å². The molecule has 0 saturated heterocycles. The van der Waals surface area contributed by atoms with E-state index >= 15 is 0 Å².